The maximum Gasteiger partial charge on any atom is 0.171 e. The monoisotopic (exact) mass is 292 g/mol. The molecule has 0 bridgehead atoms. The molecule has 0 amide bonds. The lowest BCUT2D eigenvalue weighted by molar-refractivity contribution is 0.0990. The van der Waals surface area contributed by atoms with Crippen molar-refractivity contribution in [1.82, 2.24) is 0 Å². The van der Waals surface area contributed by atoms with Gasteiger partial charge in [-0.3, -0.25) is 4.79 Å². The number of benzene rings is 1. The molecular weight excluding hydrogens is 276 g/mol. The molecule has 0 saturated heterocycles. The van der Waals surface area contributed by atoms with Crippen LogP contribution in [0.25, 0.3) is 0 Å². The Morgan fingerprint density at radius 3 is 2.25 bits per heavy atom. The molecule has 0 radical (unpaired) electrons. The molecule has 2 aromatic rings. The maximum absolute atomic E-state index is 12.4. The van der Waals surface area contributed by atoms with E-state index in [0.717, 1.165) is 4.88 Å². The van der Waals surface area contributed by atoms with E-state index < -0.39 is 0 Å². The van der Waals surface area contributed by atoms with Gasteiger partial charge in [0.15, 0.2) is 17.3 Å². The highest BCUT2D eigenvalue weighted by atomic mass is 32.1. The molecule has 1 aromatic carbocycles. The SMILES string of the molecule is COc1cc(OC)c(C(=O)Cc2cccs2)cc1OC. The highest BCUT2D eigenvalue weighted by molar-refractivity contribution is 7.10. The third kappa shape index (κ3) is 2.93. The van der Waals surface area contributed by atoms with Gasteiger partial charge in [0.1, 0.15) is 5.75 Å². The van der Waals surface area contributed by atoms with Gasteiger partial charge in [0, 0.05) is 17.4 Å². The largest absolute Gasteiger partial charge is 0.496 e. The first-order chi connectivity index (χ1) is 9.69. The van der Waals surface area contributed by atoms with Crippen LogP contribution >= 0.6 is 11.3 Å². The Kier molecular flexibility index (Phi) is 4.63. The Balaban J connectivity index is 2.36. The van der Waals surface area contributed by atoms with Gasteiger partial charge in [-0.25, -0.2) is 0 Å². The Labute approximate surface area is 121 Å². The predicted molar refractivity (Wildman–Crippen MR) is 78.5 cm³/mol. The molecule has 0 aliphatic heterocycles. The van der Waals surface area contributed by atoms with Crippen molar-refractivity contribution in [3.63, 3.8) is 0 Å². The van der Waals surface area contributed by atoms with Gasteiger partial charge < -0.3 is 14.2 Å². The smallest absolute Gasteiger partial charge is 0.171 e. The first kappa shape index (κ1) is 14.4. The van der Waals surface area contributed by atoms with E-state index in [2.05, 4.69) is 0 Å². The fourth-order valence-corrected chi connectivity index (χ4v) is 2.62. The van der Waals surface area contributed by atoms with Crippen LogP contribution in [0.4, 0.5) is 0 Å². The van der Waals surface area contributed by atoms with Crippen LogP contribution in [0.3, 0.4) is 0 Å². The van der Waals surface area contributed by atoms with Gasteiger partial charge in [0.2, 0.25) is 0 Å². The van der Waals surface area contributed by atoms with E-state index in [1.165, 1.54) is 14.2 Å². The third-order valence-electron chi connectivity index (χ3n) is 2.92. The number of thiophene rings is 1. The summed E-state index contributed by atoms with van der Waals surface area (Å²) < 4.78 is 15.7. The van der Waals surface area contributed by atoms with Crippen molar-refractivity contribution >= 4 is 17.1 Å². The molecule has 0 N–H and O–H groups in total. The first-order valence-electron chi connectivity index (χ1n) is 6.05. The summed E-state index contributed by atoms with van der Waals surface area (Å²) in [6, 6.07) is 7.20. The van der Waals surface area contributed by atoms with E-state index in [1.807, 2.05) is 17.5 Å². The molecular formula is C15H16O4S. The summed E-state index contributed by atoms with van der Waals surface area (Å²) in [7, 11) is 4.62. The number of rotatable bonds is 6. The van der Waals surface area contributed by atoms with E-state index in [-0.39, 0.29) is 5.78 Å². The fourth-order valence-electron chi connectivity index (χ4n) is 1.91. The molecule has 0 saturated carbocycles. The summed E-state index contributed by atoms with van der Waals surface area (Å²) in [5.74, 6) is 1.54. The number of Topliss-reactive ketones (excluding diaryl/α,β-unsaturated/α-hetero) is 1. The van der Waals surface area contributed by atoms with Gasteiger partial charge in [-0.05, 0) is 17.5 Å². The van der Waals surface area contributed by atoms with Gasteiger partial charge in [-0.15, -0.1) is 11.3 Å². The lowest BCUT2D eigenvalue weighted by Gasteiger charge is -2.13. The minimum absolute atomic E-state index is 0.00902. The number of hydrogen-bond donors (Lipinski definition) is 0. The number of ether oxygens (including phenoxy) is 3. The zero-order valence-corrected chi connectivity index (χ0v) is 12.5. The molecule has 106 valence electrons. The van der Waals surface area contributed by atoms with Crippen LogP contribution in [-0.4, -0.2) is 27.1 Å². The summed E-state index contributed by atoms with van der Waals surface area (Å²) in [6.45, 7) is 0. The molecule has 2 rings (SSSR count). The summed E-state index contributed by atoms with van der Waals surface area (Å²) in [5.41, 5.74) is 0.499. The number of ketones is 1. The van der Waals surface area contributed by atoms with E-state index in [1.54, 1.807) is 30.6 Å². The van der Waals surface area contributed by atoms with Crippen molar-refractivity contribution < 1.29 is 19.0 Å². The summed E-state index contributed by atoms with van der Waals surface area (Å²) in [4.78, 5) is 13.4. The molecule has 1 heterocycles. The normalized spacial score (nSPS) is 10.2. The van der Waals surface area contributed by atoms with Gasteiger partial charge in [-0.1, -0.05) is 6.07 Å². The highest BCUT2D eigenvalue weighted by Crippen LogP contribution is 2.35. The van der Waals surface area contributed by atoms with Crippen LogP contribution in [-0.2, 0) is 6.42 Å². The molecule has 0 aliphatic carbocycles. The average Bonchev–Trinajstić information content (AvgIpc) is 2.98. The number of carbonyl (C=O) groups excluding carboxylic acids is 1. The molecule has 1 aromatic heterocycles. The molecule has 0 fully saturated rings. The highest BCUT2D eigenvalue weighted by Gasteiger charge is 2.18. The Hall–Kier alpha value is -2.01. The van der Waals surface area contributed by atoms with Gasteiger partial charge in [-0.2, -0.15) is 0 Å². The van der Waals surface area contributed by atoms with E-state index >= 15 is 0 Å². The Bertz CT molecular complexity index is 590. The number of carbonyl (C=O) groups is 1. The van der Waals surface area contributed by atoms with Crippen LogP contribution in [0, 0.1) is 0 Å². The van der Waals surface area contributed by atoms with Crippen LogP contribution in [0.5, 0.6) is 17.2 Å². The Morgan fingerprint density at radius 2 is 1.70 bits per heavy atom. The van der Waals surface area contributed by atoms with E-state index in [0.29, 0.717) is 29.2 Å². The second kappa shape index (κ2) is 6.43. The zero-order valence-electron chi connectivity index (χ0n) is 11.6. The predicted octanol–water partition coefficient (Wildman–Crippen LogP) is 3.20. The molecule has 20 heavy (non-hydrogen) atoms. The van der Waals surface area contributed by atoms with Crippen molar-refractivity contribution in [3.05, 3.63) is 40.1 Å². The number of methoxy groups -OCH3 is 3. The molecule has 4 nitrogen and oxygen atoms in total. The van der Waals surface area contributed by atoms with Crippen LogP contribution in [0.15, 0.2) is 29.6 Å². The van der Waals surface area contributed by atoms with Crippen molar-refractivity contribution in [2.45, 2.75) is 6.42 Å². The summed E-state index contributed by atoms with van der Waals surface area (Å²) in [6.07, 6.45) is 0.351. The molecule has 0 unspecified atom stereocenters. The lowest BCUT2D eigenvalue weighted by atomic mass is 10.1. The van der Waals surface area contributed by atoms with Crippen LogP contribution < -0.4 is 14.2 Å². The average molecular weight is 292 g/mol. The second-order valence-electron chi connectivity index (χ2n) is 4.09. The van der Waals surface area contributed by atoms with Gasteiger partial charge >= 0.3 is 0 Å². The fraction of sp³-hybridized carbons (Fsp3) is 0.267. The summed E-state index contributed by atoms with van der Waals surface area (Å²) >= 11 is 1.56. The zero-order chi connectivity index (χ0) is 14.5. The van der Waals surface area contributed by atoms with Crippen LogP contribution in [0.1, 0.15) is 15.2 Å². The lowest BCUT2D eigenvalue weighted by Crippen LogP contribution is -2.06. The summed E-state index contributed by atoms with van der Waals surface area (Å²) in [5, 5.41) is 1.95. The van der Waals surface area contributed by atoms with E-state index in [9.17, 15) is 4.79 Å². The van der Waals surface area contributed by atoms with Crippen molar-refractivity contribution in [2.24, 2.45) is 0 Å². The topological polar surface area (TPSA) is 44.8 Å². The van der Waals surface area contributed by atoms with Crippen molar-refractivity contribution in [1.29, 1.82) is 0 Å². The standard InChI is InChI=1S/C15H16O4S/c1-17-13-9-15(19-3)14(18-2)8-11(13)12(16)7-10-5-4-6-20-10/h4-6,8-9H,7H2,1-3H3. The minimum atomic E-state index is -0.00902. The molecule has 5 heteroatoms. The second-order valence-corrected chi connectivity index (χ2v) is 5.12. The molecule has 0 aliphatic rings. The van der Waals surface area contributed by atoms with Gasteiger partial charge in [0.05, 0.1) is 26.9 Å². The number of hydrogen-bond acceptors (Lipinski definition) is 5. The Morgan fingerprint density at radius 1 is 1.05 bits per heavy atom. The van der Waals surface area contributed by atoms with E-state index in [4.69, 9.17) is 14.2 Å². The molecule has 0 spiro atoms. The maximum atomic E-state index is 12.4. The van der Waals surface area contributed by atoms with Crippen molar-refractivity contribution in [3.8, 4) is 17.2 Å². The quantitative estimate of drug-likeness (QED) is 0.767. The van der Waals surface area contributed by atoms with Crippen LogP contribution in [0.2, 0.25) is 0 Å². The molecule has 0 atom stereocenters. The van der Waals surface area contributed by atoms with Crippen molar-refractivity contribution in [2.75, 3.05) is 21.3 Å². The third-order valence-corrected chi connectivity index (χ3v) is 3.80. The van der Waals surface area contributed by atoms with Gasteiger partial charge in [0.25, 0.3) is 0 Å². The first-order valence-corrected chi connectivity index (χ1v) is 6.93. The minimum Gasteiger partial charge on any atom is -0.496 e.